The monoisotopic (exact) mass is 640 g/mol. The van der Waals surface area contributed by atoms with Crippen LogP contribution in [-0.4, -0.2) is 89.2 Å². The number of carbonyl (C=O) groups excluding carboxylic acids is 2. The van der Waals surface area contributed by atoms with Gasteiger partial charge in [0, 0.05) is 70.0 Å². The molecule has 0 N–H and O–H groups in total. The molecular weight excluding hydrogens is 601 g/mol. The summed E-state index contributed by atoms with van der Waals surface area (Å²) in [5.41, 5.74) is -0.183. The van der Waals surface area contributed by atoms with Crippen molar-refractivity contribution in [3.63, 3.8) is 0 Å². The zero-order chi connectivity index (χ0) is 31.0. The van der Waals surface area contributed by atoms with Gasteiger partial charge >= 0.3 is 6.18 Å². The van der Waals surface area contributed by atoms with Gasteiger partial charge < -0.3 is 19.6 Å². The van der Waals surface area contributed by atoms with Gasteiger partial charge in [0.2, 0.25) is 11.8 Å². The molecule has 1 aromatic carbocycles. The van der Waals surface area contributed by atoms with Crippen molar-refractivity contribution in [3.8, 4) is 0 Å². The minimum absolute atomic E-state index is 0.0397. The SMILES string of the molecule is CCCCCCCC(=O)N1CCN(c2cc(Cl)nc(SCC(=O)N3CCN(c4cccc(C(F)(F)F)c4)CC3)n2)CC1C. The summed E-state index contributed by atoms with van der Waals surface area (Å²) in [7, 11) is 0. The van der Waals surface area contributed by atoms with Crippen LogP contribution in [-0.2, 0) is 15.8 Å². The van der Waals surface area contributed by atoms with Crippen molar-refractivity contribution in [1.82, 2.24) is 19.8 Å². The van der Waals surface area contributed by atoms with E-state index in [9.17, 15) is 22.8 Å². The van der Waals surface area contributed by atoms with E-state index in [2.05, 4.69) is 21.8 Å². The van der Waals surface area contributed by atoms with Crippen molar-refractivity contribution in [2.24, 2.45) is 0 Å². The lowest BCUT2D eigenvalue weighted by atomic mass is 10.1. The summed E-state index contributed by atoms with van der Waals surface area (Å²) in [5, 5.41) is 0.685. The molecule has 13 heteroatoms. The molecule has 2 saturated heterocycles. The Bertz CT molecular complexity index is 1240. The number of alkyl halides is 3. The van der Waals surface area contributed by atoms with Gasteiger partial charge in [0.1, 0.15) is 11.0 Å². The van der Waals surface area contributed by atoms with Crippen molar-refractivity contribution in [2.45, 2.75) is 69.7 Å². The van der Waals surface area contributed by atoms with Gasteiger partial charge in [-0.1, -0.05) is 62.0 Å². The van der Waals surface area contributed by atoms with E-state index in [1.54, 1.807) is 17.0 Å². The Hall–Kier alpha value is -2.73. The molecule has 1 unspecified atom stereocenters. The zero-order valence-corrected chi connectivity index (χ0v) is 26.4. The van der Waals surface area contributed by atoms with Crippen molar-refractivity contribution in [3.05, 3.63) is 41.0 Å². The molecule has 2 aliphatic heterocycles. The highest BCUT2D eigenvalue weighted by Crippen LogP contribution is 2.32. The summed E-state index contributed by atoms with van der Waals surface area (Å²) in [6, 6.07) is 7.02. The highest BCUT2D eigenvalue weighted by atomic mass is 35.5. The molecule has 0 radical (unpaired) electrons. The molecule has 0 bridgehead atoms. The van der Waals surface area contributed by atoms with Crippen LogP contribution in [0.2, 0.25) is 5.15 Å². The van der Waals surface area contributed by atoms with Crippen LogP contribution < -0.4 is 9.80 Å². The number of nitrogens with zero attached hydrogens (tertiary/aromatic N) is 6. The largest absolute Gasteiger partial charge is 0.416 e. The third-order valence-electron chi connectivity index (χ3n) is 7.92. The number of hydrogen-bond acceptors (Lipinski definition) is 7. The molecule has 2 aromatic rings. The second kappa shape index (κ2) is 15.3. The average molecular weight is 641 g/mol. The Morgan fingerprint density at radius 2 is 1.67 bits per heavy atom. The second-order valence-electron chi connectivity index (χ2n) is 11.1. The number of aromatic nitrogens is 2. The number of carbonyl (C=O) groups is 2. The number of thioether (sulfide) groups is 1. The van der Waals surface area contributed by atoms with Gasteiger partial charge in [-0.3, -0.25) is 9.59 Å². The van der Waals surface area contributed by atoms with Crippen LogP contribution in [0, 0.1) is 0 Å². The van der Waals surface area contributed by atoms with Crippen LogP contribution in [0.15, 0.2) is 35.5 Å². The van der Waals surface area contributed by atoms with Gasteiger partial charge in [0.05, 0.1) is 11.3 Å². The van der Waals surface area contributed by atoms with Crippen molar-refractivity contribution in [1.29, 1.82) is 0 Å². The molecule has 0 aliphatic carbocycles. The topological polar surface area (TPSA) is 72.9 Å². The van der Waals surface area contributed by atoms with E-state index in [1.807, 2.05) is 16.7 Å². The van der Waals surface area contributed by atoms with E-state index >= 15 is 0 Å². The highest BCUT2D eigenvalue weighted by Gasteiger charge is 2.32. The number of amides is 2. The third kappa shape index (κ3) is 9.38. The summed E-state index contributed by atoms with van der Waals surface area (Å²) in [4.78, 5) is 42.3. The first-order chi connectivity index (χ1) is 20.5. The molecule has 1 aromatic heterocycles. The number of hydrogen-bond donors (Lipinski definition) is 0. The normalized spacial score (nSPS) is 17.9. The molecule has 2 fully saturated rings. The number of halogens is 4. The third-order valence-corrected chi connectivity index (χ3v) is 8.95. The van der Waals surface area contributed by atoms with Crippen LogP contribution in [0.5, 0.6) is 0 Å². The maximum Gasteiger partial charge on any atom is 0.416 e. The lowest BCUT2D eigenvalue weighted by Gasteiger charge is -2.40. The van der Waals surface area contributed by atoms with Crippen LogP contribution in [0.4, 0.5) is 24.7 Å². The van der Waals surface area contributed by atoms with Crippen molar-refractivity contribution < 1.29 is 22.8 Å². The first kappa shape index (κ1) is 33.2. The van der Waals surface area contributed by atoms with E-state index in [1.165, 1.54) is 37.1 Å². The first-order valence-electron chi connectivity index (χ1n) is 15.0. The van der Waals surface area contributed by atoms with Gasteiger partial charge in [0.25, 0.3) is 0 Å². The predicted molar refractivity (Wildman–Crippen MR) is 165 cm³/mol. The van der Waals surface area contributed by atoms with Crippen LogP contribution >= 0.6 is 23.4 Å². The highest BCUT2D eigenvalue weighted by molar-refractivity contribution is 7.99. The van der Waals surface area contributed by atoms with E-state index in [4.69, 9.17) is 11.6 Å². The minimum atomic E-state index is -4.40. The molecule has 4 rings (SSSR count). The maximum atomic E-state index is 13.1. The minimum Gasteiger partial charge on any atom is -0.368 e. The lowest BCUT2D eigenvalue weighted by molar-refractivity contribution is -0.137. The summed E-state index contributed by atoms with van der Waals surface area (Å²) < 4.78 is 39.3. The Morgan fingerprint density at radius 3 is 2.37 bits per heavy atom. The van der Waals surface area contributed by atoms with Gasteiger partial charge in [-0.15, -0.1) is 0 Å². The van der Waals surface area contributed by atoms with E-state index < -0.39 is 11.7 Å². The summed E-state index contributed by atoms with van der Waals surface area (Å²) in [5.74, 6) is 0.910. The molecule has 3 heterocycles. The standard InChI is InChI=1S/C30H40ClF3N6O2S/c1-3-4-5-6-7-11-27(41)40-17-16-39(20-22(40)2)26-19-25(31)35-29(36-26)43-21-28(42)38-14-12-37(13-15-38)24-10-8-9-23(18-24)30(32,33)34/h8-10,18-19,22H,3-7,11-17,20-21H2,1-2H3. The smallest absolute Gasteiger partial charge is 0.368 e. The van der Waals surface area contributed by atoms with Gasteiger partial charge in [-0.05, 0) is 31.5 Å². The quantitative estimate of drug-likeness (QED) is 0.129. The number of benzene rings is 1. The summed E-state index contributed by atoms with van der Waals surface area (Å²) in [6.45, 7) is 7.83. The van der Waals surface area contributed by atoms with Crippen molar-refractivity contribution >= 4 is 46.7 Å². The van der Waals surface area contributed by atoms with Gasteiger partial charge in [-0.25, -0.2) is 9.97 Å². The van der Waals surface area contributed by atoms with Crippen LogP contribution in [0.25, 0.3) is 0 Å². The average Bonchev–Trinajstić information content (AvgIpc) is 2.99. The molecule has 8 nitrogen and oxygen atoms in total. The molecular formula is C30H40ClF3N6O2S. The van der Waals surface area contributed by atoms with Crippen molar-refractivity contribution in [2.75, 3.05) is 61.4 Å². The zero-order valence-electron chi connectivity index (χ0n) is 24.8. The number of unbranched alkanes of at least 4 members (excludes halogenated alkanes) is 4. The Labute approximate surface area is 261 Å². The number of anilines is 2. The lowest BCUT2D eigenvalue weighted by Crippen LogP contribution is -2.54. The fraction of sp³-hybridized carbons (Fsp3) is 0.600. The molecule has 43 heavy (non-hydrogen) atoms. The van der Waals surface area contributed by atoms with E-state index in [0.29, 0.717) is 68.9 Å². The number of piperazine rings is 2. The summed E-state index contributed by atoms with van der Waals surface area (Å²) in [6.07, 6.45) is 1.78. The fourth-order valence-electron chi connectivity index (χ4n) is 5.48. The molecule has 0 spiro atoms. The molecule has 1 atom stereocenters. The van der Waals surface area contributed by atoms with E-state index in [-0.39, 0.29) is 28.8 Å². The Morgan fingerprint density at radius 1 is 0.953 bits per heavy atom. The van der Waals surface area contributed by atoms with Gasteiger partial charge in [-0.2, -0.15) is 13.2 Å². The first-order valence-corrected chi connectivity index (χ1v) is 16.3. The Kier molecular flexibility index (Phi) is 11.8. The maximum absolute atomic E-state index is 13.1. The predicted octanol–water partition coefficient (Wildman–Crippen LogP) is 5.99. The van der Waals surface area contributed by atoms with Crippen LogP contribution in [0.3, 0.4) is 0 Å². The Balaban J connectivity index is 1.25. The van der Waals surface area contributed by atoms with Crippen LogP contribution in [0.1, 0.15) is 57.9 Å². The van der Waals surface area contributed by atoms with E-state index in [0.717, 1.165) is 25.0 Å². The fourth-order valence-corrected chi connectivity index (χ4v) is 6.47. The summed E-state index contributed by atoms with van der Waals surface area (Å²) >= 11 is 7.54. The molecule has 236 valence electrons. The molecule has 0 saturated carbocycles. The molecule has 2 amide bonds. The second-order valence-corrected chi connectivity index (χ2v) is 12.4. The van der Waals surface area contributed by atoms with Gasteiger partial charge in [0.15, 0.2) is 5.16 Å². The molecule has 2 aliphatic rings. The number of rotatable bonds is 11.